The molecule has 0 bridgehead atoms. The number of rotatable bonds is 5. The summed E-state index contributed by atoms with van der Waals surface area (Å²) in [5, 5.41) is 0. The number of aryl methyl sites for hydroxylation is 1. The highest BCUT2D eigenvalue weighted by Gasteiger charge is 2.15. The van der Waals surface area contributed by atoms with Gasteiger partial charge in [0.25, 0.3) is 0 Å². The molecule has 3 rings (SSSR count). The third-order valence-corrected chi connectivity index (χ3v) is 4.17. The van der Waals surface area contributed by atoms with E-state index in [1.54, 1.807) is 6.08 Å². The molecule has 0 amide bonds. The Bertz CT molecular complexity index is 782. The summed E-state index contributed by atoms with van der Waals surface area (Å²) in [6, 6.07) is 18.2. The van der Waals surface area contributed by atoms with E-state index in [1.165, 1.54) is 5.56 Å². The van der Waals surface area contributed by atoms with Crippen molar-refractivity contribution in [2.24, 2.45) is 5.92 Å². The van der Waals surface area contributed by atoms with E-state index in [-0.39, 0.29) is 5.78 Å². The van der Waals surface area contributed by atoms with Crippen molar-refractivity contribution >= 4 is 12.0 Å². The molecule has 0 radical (unpaired) electrons. The van der Waals surface area contributed by atoms with Crippen LogP contribution < -0.4 is 0 Å². The van der Waals surface area contributed by atoms with Gasteiger partial charge in [-0.1, -0.05) is 60.2 Å². The number of carbonyl (C=O) groups excluding carboxylic acids is 1. The Kier molecular flexibility index (Phi) is 5.17. The monoisotopic (exact) mass is 316 g/mol. The molecule has 0 N–H and O–H groups in total. The Balaban J connectivity index is 1.66. The van der Waals surface area contributed by atoms with Crippen molar-refractivity contribution in [1.29, 1.82) is 0 Å². The van der Waals surface area contributed by atoms with Crippen molar-refractivity contribution in [3.63, 3.8) is 0 Å². The summed E-state index contributed by atoms with van der Waals surface area (Å²) in [6.45, 7) is 2.02. The highest BCUT2D eigenvalue weighted by Crippen LogP contribution is 2.14. The Hall–Kier alpha value is -2.74. The molecule has 2 aromatic rings. The van der Waals surface area contributed by atoms with Crippen LogP contribution in [0.4, 0.5) is 0 Å². The van der Waals surface area contributed by atoms with Gasteiger partial charge in [-0.3, -0.25) is 4.79 Å². The highest BCUT2D eigenvalue weighted by atomic mass is 16.1. The molecule has 2 heteroatoms. The van der Waals surface area contributed by atoms with Crippen molar-refractivity contribution < 1.29 is 9.37 Å². The highest BCUT2D eigenvalue weighted by molar-refractivity contribution is 6.04. The molecule has 1 atom stereocenters. The summed E-state index contributed by atoms with van der Waals surface area (Å²) < 4.78 is 1.99. The van der Waals surface area contributed by atoms with Gasteiger partial charge in [0.15, 0.2) is 24.4 Å². The molecular weight excluding hydrogens is 294 g/mol. The van der Waals surface area contributed by atoms with Gasteiger partial charge in [-0.2, -0.15) is 4.58 Å². The van der Waals surface area contributed by atoms with E-state index < -0.39 is 0 Å². The fourth-order valence-corrected chi connectivity index (χ4v) is 2.83. The molecule has 2 aromatic carbocycles. The minimum atomic E-state index is 0.0296. The minimum absolute atomic E-state index is 0.0296. The Morgan fingerprint density at radius 2 is 1.88 bits per heavy atom. The summed E-state index contributed by atoms with van der Waals surface area (Å²) in [5.41, 5.74) is 3.22. The summed E-state index contributed by atoms with van der Waals surface area (Å²) in [7, 11) is 0. The van der Waals surface area contributed by atoms with Gasteiger partial charge in [0.1, 0.15) is 0 Å². The normalized spacial score (nSPS) is 17.0. The standard InChI is InChI=1S/C22H22NO/c1-18-9-11-21(12-10-18)22(24)13-15-23-14-5-8-20(17-23)16-19-6-3-2-4-7-19/h2-7,9-15,17,20H,8,16H2,1H3/q+1/b15-13+. The average molecular weight is 316 g/mol. The number of carbonyl (C=O) groups is 1. The topological polar surface area (TPSA) is 20.1 Å². The first-order valence-corrected chi connectivity index (χ1v) is 8.33. The number of hydrogen-bond acceptors (Lipinski definition) is 1. The lowest BCUT2D eigenvalue weighted by Crippen LogP contribution is -2.15. The smallest absolute Gasteiger partial charge is 0.191 e. The maximum atomic E-state index is 12.2. The number of hydrogen-bond donors (Lipinski definition) is 0. The quantitative estimate of drug-likeness (QED) is 0.450. The largest absolute Gasteiger partial charge is 0.289 e. The van der Waals surface area contributed by atoms with Gasteiger partial charge < -0.3 is 0 Å². The lowest BCUT2D eigenvalue weighted by Gasteiger charge is -2.10. The molecule has 120 valence electrons. The van der Waals surface area contributed by atoms with E-state index in [0.717, 1.165) is 24.0 Å². The molecule has 0 aliphatic carbocycles. The first-order valence-electron chi connectivity index (χ1n) is 8.33. The number of allylic oxidation sites excluding steroid dienone is 2. The molecule has 1 aliphatic rings. The van der Waals surface area contributed by atoms with Gasteiger partial charge in [-0.05, 0) is 31.4 Å². The van der Waals surface area contributed by atoms with E-state index in [4.69, 9.17) is 0 Å². The van der Waals surface area contributed by atoms with Gasteiger partial charge in [0.05, 0.1) is 6.08 Å². The molecular formula is C22H22NO+. The Morgan fingerprint density at radius 1 is 1.12 bits per heavy atom. The minimum Gasteiger partial charge on any atom is -0.289 e. The molecule has 0 saturated carbocycles. The van der Waals surface area contributed by atoms with Crippen molar-refractivity contribution in [3.8, 4) is 0 Å². The van der Waals surface area contributed by atoms with Gasteiger partial charge in [0, 0.05) is 11.5 Å². The van der Waals surface area contributed by atoms with Crippen LogP contribution in [0.3, 0.4) is 0 Å². The van der Waals surface area contributed by atoms with Crippen molar-refractivity contribution in [2.75, 3.05) is 0 Å². The second kappa shape index (κ2) is 7.69. The van der Waals surface area contributed by atoms with E-state index in [0.29, 0.717) is 5.92 Å². The zero-order valence-electron chi connectivity index (χ0n) is 13.9. The van der Waals surface area contributed by atoms with Crippen LogP contribution in [0.1, 0.15) is 27.9 Å². The maximum absolute atomic E-state index is 12.2. The fourth-order valence-electron chi connectivity index (χ4n) is 2.83. The van der Waals surface area contributed by atoms with Gasteiger partial charge in [-0.15, -0.1) is 0 Å². The van der Waals surface area contributed by atoms with Crippen LogP contribution in [-0.4, -0.2) is 16.6 Å². The molecule has 0 saturated heterocycles. The van der Waals surface area contributed by atoms with Crippen LogP contribution in [0.2, 0.25) is 0 Å². The van der Waals surface area contributed by atoms with Crippen LogP contribution in [0.25, 0.3) is 0 Å². The molecule has 24 heavy (non-hydrogen) atoms. The van der Waals surface area contributed by atoms with Crippen LogP contribution in [-0.2, 0) is 6.42 Å². The Morgan fingerprint density at radius 3 is 2.62 bits per heavy atom. The van der Waals surface area contributed by atoms with E-state index in [2.05, 4.69) is 36.6 Å². The zero-order chi connectivity index (χ0) is 16.8. The fraction of sp³-hybridized carbons (Fsp3) is 0.182. The number of benzene rings is 2. The van der Waals surface area contributed by atoms with Crippen LogP contribution in [0.15, 0.2) is 79.1 Å². The summed E-state index contributed by atoms with van der Waals surface area (Å²) in [4.78, 5) is 12.2. The van der Waals surface area contributed by atoms with Crippen LogP contribution >= 0.6 is 0 Å². The van der Waals surface area contributed by atoms with E-state index >= 15 is 0 Å². The van der Waals surface area contributed by atoms with Crippen molar-refractivity contribution in [1.82, 2.24) is 0 Å². The average Bonchev–Trinajstić information content (AvgIpc) is 2.61. The first kappa shape index (κ1) is 16.1. The van der Waals surface area contributed by atoms with E-state index in [9.17, 15) is 4.79 Å². The van der Waals surface area contributed by atoms with Gasteiger partial charge in [0.2, 0.25) is 0 Å². The second-order valence-electron chi connectivity index (χ2n) is 6.21. The molecule has 0 fully saturated rings. The third kappa shape index (κ3) is 4.39. The van der Waals surface area contributed by atoms with Gasteiger partial charge in [-0.25, -0.2) is 0 Å². The van der Waals surface area contributed by atoms with Gasteiger partial charge >= 0.3 is 0 Å². The van der Waals surface area contributed by atoms with Crippen molar-refractivity contribution in [3.05, 3.63) is 95.8 Å². The van der Waals surface area contributed by atoms with Crippen LogP contribution in [0, 0.1) is 12.8 Å². The Labute approximate surface area is 143 Å². The van der Waals surface area contributed by atoms with E-state index in [1.807, 2.05) is 54.2 Å². The molecule has 1 aliphatic heterocycles. The third-order valence-electron chi connectivity index (χ3n) is 4.17. The molecule has 0 spiro atoms. The SMILES string of the molecule is Cc1ccc(C(=O)/C=C/[N+]2=CC(Cc3ccccc3)CC=C2)cc1. The number of ketones is 1. The molecule has 0 aromatic heterocycles. The molecule has 1 unspecified atom stereocenters. The molecule has 2 nitrogen and oxygen atoms in total. The van der Waals surface area contributed by atoms with Crippen molar-refractivity contribution in [2.45, 2.75) is 19.8 Å². The lowest BCUT2D eigenvalue weighted by atomic mass is 9.96. The second-order valence-corrected chi connectivity index (χ2v) is 6.21. The van der Waals surface area contributed by atoms with Crippen LogP contribution in [0.5, 0.6) is 0 Å². The zero-order valence-corrected chi connectivity index (χ0v) is 13.9. The maximum Gasteiger partial charge on any atom is 0.191 e. The predicted octanol–water partition coefficient (Wildman–Crippen LogP) is 4.55. The summed E-state index contributed by atoms with van der Waals surface area (Å²) in [5.74, 6) is 0.485. The summed E-state index contributed by atoms with van der Waals surface area (Å²) >= 11 is 0. The summed E-state index contributed by atoms with van der Waals surface area (Å²) in [6.07, 6.45) is 11.9. The lowest BCUT2D eigenvalue weighted by molar-refractivity contribution is -0.377. The first-order chi connectivity index (χ1) is 11.7. The predicted molar refractivity (Wildman–Crippen MR) is 98.4 cm³/mol. The number of nitrogens with zero attached hydrogens (tertiary/aromatic N) is 1. The molecule has 1 heterocycles.